The molecule has 2 aliphatic rings. The van der Waals surface area contributed by atoms with Gasteiger partial charge in [0.2, 0.25) is 0 Å². The topological polar surface area (TPSA) is 32.7 Å². The first-order valence-corrected chi connectivity index (χ1v) is 6.28. The minimum absolute atomic E-state index is 0.0158. The second-order valence-electron chi connectivity index (χ2n) is 5.02. The van der Waals surface area contributed by atoms with Crippen molar-refractivity contribution in [3.05, 3.63) is 0 Å². The molecule has 0 aromatic carbocycles. The fourth-order valence-electron chi connectivity index (χ4n) is 2.85. The van der Waals surface area contributed by atoms with Gasteiger partial charge in [0.05, 0.1) is 11.7 Å². The summed E-state index contributed by atoms with van der Waals surface area (Å²) in [6.45, 7) is 6.46. The lowest BCUT2D eigenvalue weighted by Crippen LogP contribution is -2.50. The number of ether oxygens (including phenoxy) is 1. The third-order valence-corrected chi connectivity index (χ3v) is 3.77. The summed E-state index contributed by atoms with van der Waals surface area (Å²) in [5, 5.41) is 9.70. The molecule has 0 aliphatic carbocycles. The predicted molar refractivity (Wildman–Crippen MR) is 59.9 cm³/mol. The zero-order valence-corrected chi connectivity index (χ0v) is 9.74. The Bertz CT molecular complexity index is 200. The van der Waals surface area contributed by atoms with Crippen molar-refractivity contribution in [3.63, 3.8) is 0 Å². The summed E-state index contributed by atoms with van der Waals surface area (Å²) in [5.41, 5.74) is 0.0158. The predicted octanol–water partition coefficient (Wildman–Crippen LogP) is 1.40. The van der Waals surface area contributed by atoms with E-state index in [1.165, 1.54) is 13.0 Å². The fraction of sp³-hybridized carbons (Fsp3) is 1.00. The zero-order valence-electron chi connectivity index (χ0n) is 9.74. The minimum Gasteiger partial charge on any atom is -0.393 e. The van der Waals surface area contributed by atoms with E-state index in [0.29, 0.717) is 0 Å². The molecule has 0 saturated carbocycles. The summed E-state index contributed by atoms with van der Waals surface area (Å²) >= 11 is 0. The van der Waals surface area contributed by atoms with Crippen LogP contribution in [0.2, 0.25) is 0 Å². The highest BCUT2D eigenvalue weighted by Crippen LogP contribution is 2.34. The highest BCUT2D eigenvalue weighted by atomic mass is 16.5. The lowest BCUT2D eigenvalue weighted by molar-refractivity contribution is -0.142. The van der Waals surface area contributed by atoms with Gasteiger partial charge in [-0.05, 0) is 32.2 Å². The summed E-state index contributed by atoms with van der Waals surface area (Å²) in [7, 11) is 0. The Morgan fingerprint density at radius 1 is 1.40 bits per heavy atom. The molecule has 15 heavy (non-hydrogen) atoms. The van der Waals surface area contributed by atoms with Crippen LogP contribution < -0.4 is 0 Å². The Hall–Kier alpha value is -0.120. The van der Waals surface area contributed by atoms with Crippen LogP contribution in [0.1, 0.15) is 39.0 Å². The molecule has 1 spiro atoms. The molecular formula is C12H23NO2. The maximum absolute atomic E-state index is 9.70. The number of aliphatic hydroxyl groups is 1. The average Bonchev–Trinajstić information content (AvgIpc) is 2.22. The van der Waals surface area contributed by atoms with E-state index in [-0.39, 0.29) is 11.7 Å². The summed E-state index contributed by atoms with van der Waals surface area (Å²) < 4.78 is 5.92. The fourth-order valence-corrected chi connectivity index (χ4v) is 2.85. The largest absolute Gasteiger partial charge is 0.393 e. The molecular weight excluding hydrogens is 190 g/mol. The highest BCUT2D eigenvalue weighted by molar-refractivity contribution is 4.91. The third kappa shape index (κ3) is 2.71. The molecule has 2 rings (SSSR count). The molecule has 3 nitrogen and oxygen atoms in total. The van der Waals surface area contributed by atoms with Crippen LogP contribution in [0.3, 0.4) is 0 Å². The molecule has 0 amide bonds. The van der Waals surface area contributed by atoms with Crippen molar-refractivity contribution in [2.24, 2.45) is 0 Å². The van der Waals surface area contributed by atoms with Crippen molar-refractivity contribution in [2.75, 3.05) is 26.2 Å². The molecule has 0 bridgehead atoms. The van der Waals surface area contributed by atoms with Crippen molar-refractivity contribution < 1.29 is 9.84 Å². The average molecular weight is 213 g/mol. The standard InChI is InChI=1S/C12H23NO2/c1-2-6-13-7-4-12(5-8-13)10-11(14)3-9-15-12/h11,14H,2-10H2,1H3. The molecule has 1 N–H and O–H groups in total. The second-order valence-corrected chi connectivity index (χ2v) is 5.02. The molecule has 1 unspecified atom stereocenters. The van der Waals surface area contributed by atoms with Crippen LogP contribution in [-0.2, 0) is 4.74 Å². The number of hydrogen-bond donors (Lipinski definition) is 1. The van der Waals surface area contributed by atoms with Gasteiger partial charge in [-0.2, -0.15) is 0 Å². The van der Waals surface area contributed by atoms with Crippen molar-refractivity contribution in [2.45, 2.75) is 50.7 Å². The van der Waals surface area contributed by atoms with E-state index in [0.717, 1.165) is 45.4 Å². The SMILES string of the molecule is CCCN1CCC2(CC1)CC(O)CCO2. The van der Waals surface area contributed by atoms with Crippen LogP contribution in [0.15, 0.2) is 0 Å². The normalized spacial score (nSPS) is 32.0. The molecule has 2 heterocycles. The second kappa shape index (κ2) is 4.81. The molecule has 2 saturated heterocycles. The van der Waals surface area contributed by atoms with Crippen molar-refractivity contribution in [3.8, 4) is 0 Å². The number of nitrogens with zero attached hydrogens (tertiary/aromatic N) is 1. The molecule has 88 valence electrons. The van der Waals surface area contributed by atoms with Gasteiger partial charge in [0.15, 0.2) is 0 Å². The van der Waals surface area contributed by atoms with Gasteiger partial charge < -0.3 is 14.7 Å². The van der Waals surface area contributed by atoms with Gasteiger partial charge in [-0.25, -0.2) is 0 Å². The van der Waals surface area contributed by atoms with Crippen LogP contribution in [-0.4, -0.2) is 48.0 Å². The van der Waals surface area contributed by atoms with Gasteiger partial charge in [0.1, 0.15) is 0 Å². The van der Waals surface area contributed by atoms with E-state index in [2.05, 4.69) is 11.8 Å². The molecule has 3 heteroatoms. The third-order valence-electron chi connectivity index (χ3n) is 3.77. The van der Waals surface area contributed by atoms with Gasteiger partial charge in [0.25, 0.3) is 0 Å². The quantitative estimate of drug-likeness (QED) is 0.752. The lowest BCUT2D eigenvalue weighted by Gasteiger charge is -2.45. The van der Waals surface area contributed by atoms with Gasteiger partial charge in [-0.1, -0.05) is 6.92 Å². The number of hydrogen-bond acceptors (Lipinski definition) is 3. The van der Waals surface area contributed by atoms with Gasteiger partial charge in [-0.15, -0.1) is 0 Å². The van der Waals surface area contributed by atoms with Crippen LogP contribution in [0, 0.1) is 0 Å². The summed E-state index contributed by atoms with van der Waals surface area (Å²) in [5.74, 6) is 0. The number of piperidine rings is 1. The van der Waals surface area contributed by atoms with Gasteiger partial charge in [-0.3, -0.25) is 0 Å². The van der Waals surface area contributed by atoms with Crippen molar-refractivity contribution in [1.29, 1.82) is 0 Å². The van der Waals surface area contributed by atoms with E-state index in [1.807, 2.05) is 0 Å². The Morgan fingerprint density at radius 2 is 2.13 bits per heavy atom. The maximum atomic E-state index is 9.70. The molecule has 1 atom stereocenters. The number of likely N-dealkylation sites (tertiary alicyclic amines) is 1. The van der Waals surface area contributed by atoms with E-state index in [1.54, 1.807) is 0 Å². The number of rotatable bonds is 2. The molecule has 2 fully saturated rings. The van der Waals surface area contributed by atoms with Crippen molar-refractivity contribution >= 4 is 0 Å². The smallest absolute Gasteiger partial charge is 0.0731 e. The lowest BCUT2D eigenvalue weighted by atomic mass is 9.83. The zero-order chi connectivity index (χ0) is 10.7. The minimum atomic E-state index is -0.128. The van der Waals surface area contributed by atoms with Crippen LogP contribution in [0.25, 0.3) is 0 Å². The van der Waals surface area contributed by atoms with E-state index in [4.69, 9.17) is 4.74 Å². The highest BCUT2D eigenvalue weighted by Gasteiger charge is 2.39. The monoisotopic (exact) mass is 213 g/mol. The summed E-state index contributed by atoms with van der Waals surface area (Å²) in [6, 6.07) is 0. The molecule has 2 aliphatic heterocycles. The first kappa shape index (κ1) is 11.4. The maximum Gasteiger partial charge on any atom is 0.0731 e. The Balaban J connectivity index is 1.85. The number of aliphatic hydroxyl groups excluding tert-OH is 1. The Kier molecular flexibility index (Phi) is 3.65. The summed E-state index contributed by atoms with van der Waals surface area (Å²) in [6.07, 6.45) is 4.98. The van der Waals surface area contributed by atoms with E-state index in [9.17, 15) is 5.11 Å². The van der Waals surface area contributed by atoms with Crippen LogP contribution in [0.5, 0.6) is 0 Å². The van der Waals surface area contributed by atoms with Gasteiger partial charge >= 0.3 is 0 Å². The Labute approximate surface area is 92.4 Å². The van der Waals surface area contributed by atoms with Crippen molar-refractivity contribution in [1.82, 2.24) is 4.90 Å². The first-order chi connectivity index (χ1) is 7.24. The van der Waals surface area contributed by atoms with Crippen LogP contribution >= 0.6 is 0 Å². The van der Waals surface area contributed by atoms with E-state index < -0.39 is 0 Å². The molecule has 0 aromatic rings. The summed E-state index contributed by atoms with van der Waals surface area (Å²) in [4.78, 5) is 2.51. The molecule has 0 aromatic heterocycles. The molecule has 0 radical (unpaired) electrons. The van der Waals surface area contributed by atoms with E-state index >= 15 is 0 Å². The first-order valence-electron chi connectivity index (χ1n) is 6.28. The van der Waals surface area contributed by atoms with Gasteiger partial charge in [0, 0.05) is 26.1 Å². The Morgan fingerprint density at radius 3 is 2.73 bits per heavy atom. The van der Waals surface area contributed by atoms with Crippen LogP contribution in [0.4, 0.5) is 0 Å².